The van der Waals surface area contributed by atoms with Crippen molar-refractivity contribution in [2.24, 2.45) is 10.2 Å². The standard InChI is InChI=1S/C16H12N4O3/c1-19-14-8-3-2-7-13(14)15(16(19)21)18-17-10-11-5-4-6-12(9-11)20(22)23/h2-10H,1H3/b17-10-,18-15+. The van der Waals surface area contributed by atoms with Crippen LogP contribution < -0.4 is 4.90 Å². The number of anilines is 1. The molecule has 0 saturated heterocycles. The maximum Gasteiger partial charge on any atom is 0.279 e. The van der Waals surface area contributed by atoms with E-state index >= 15 is 0 Å². The molecule has 0 fully saturated rings. The van der Waals surface area contributed by atoms with Crippen molar-refractivity contribution in [2.75, 3.05) is 11.9 Å². The number of non-ortho nitro benzene ring substituents is 1. The Labute approximate surface area is 131 Å². The fraction of sp³-hybridized carbons (Fsp3) is 0.0625. The SMILES string of the molecule is CN1C(=O)/C(=N/N=C\c2cccc([N+](=O)[O-])c2)c2ccccc21. The van der Waals surface area contributed by atoms with E-state index in [4.69, 9.17) is 0 Å². The summed E-state index contributed by atoms with van der Waals surface area (Å²) in [7, 11) is 1.67. The highest BCUT2D eigenvalue weighted by atomic mass is 16.6. The highest BCUT2D eigenvalue weighted by molar-refractivity contribution is 6.54. The molecule has 1 aliphatic heterocycles. The Balaban J connectivity index is 1.90. The van der Waals surface area contributed by atoms with E-state index in [0.29, 0.717) is 5.56 Å². The van der Waals surface area contributed by atoms with Crippen molar-refractivity contribution in [3.63, 3.8) is 0 Å². The third-order valence-corrected chi connectivity index (χ3v) is 3.47. The maximum atomic E-state index is 12.2. The molecule has 0 unspecified atom stereocenters. The average molecular weight is 308 g/mol. The zero-order valence-corrected chi connectivity index (χ0v) is 12.2. The Morgan fingerprint density at radius 2 is 1.96 bits per heavy atom. The van der Waals surface area contributed by atoms with Crippen molar-refractivity contribution in [3.8, 4) is 0 Å². The first-order chi connectivity index (χ1) is 11.1. The fourth-order valence-electron chi connectivity index (χ4n) is 2.32. The van der Waals surface area contributed by atoms with Gasteiger partial charge in [-0.1, -0.05) is 30.3 Å². The second kappa shape index (κ2) is 5.80. The first kappa shape index (κ1) is 14.6. The van der Waals surface area contributed by atoms with Crippen molar-refractivity contribution in [1.29, 1.82) is 0 Å². The lowest BCUT2D eigenvalue weighted by Gasteiger charge is -2.07. The van der Waals surface area contributed by atoms with E-state index in [9.17, 15) is 14.9 Å². The molecule has 0 spiro atoms. The molecule has 3 rings (SSSR count). The predicted octanol–water partition coefficient (Wildman–Crippen LogP) is 2.39. The summed E-state index contributed by atoms with van der Waals surface area (Å²) in [5, 5.41) is 18.6. The second-order valence-corrected chi connectivity index (χ2v) is 4.93. The Morgan fingerprint density at radius 3 is 2.74 bits per heavy atom. The molecule has 0 N–H and O–H groups in total. The van der Waals surface area contributed by atoms with Crippen LogP contribution >= 0.6 is 0 Å². The van der Waals surface area contributed by atoms with E-state index in [1.54, 1.807) is 25.2 Å². The molecule has 2 aromatic carbocycles. The topological polar surface area (TPSA) is 88.2 Å². The van der Waals surface area contributed by atoms with Crippen LogP contribution in [0.25, 0.3) is 0 Å². The lowest BCUT2D eigenvalue weighted by molar-refractivity contribution is -0.384. The Hall–Kier alpha value is -3.35. The highest BCUT2D eigenvalue weighted by Crippen LogP contribution is 2.27. The van der Waals surface area contributed by atoms with Crippen molar-refractivity contribution < 1.29 is 9.72 Å². The number of nitrogens with zero attached hydrogens (tertiary/aromatic N) is 4. The zero-order valence-electron chi connectivity index (χ0n) is 12.2. The van der Waals surface area contributed by atoms with Gasteiger partial charge in [0, 0.05) is 30.3 Å². The third kappa shape index (κ3) is 2.71. The number of benzene rings is 2. The number of para-hydroxylation sites is 1. The average Bonchev–Trinajstić information content (AvgIpc) is 2.80. The predicted molar refractivity (Wildman–Crippen MR) is 87.1 cm³/mol. The van der Waals surface area contributed by atoms with Crippen LogP contribution in [0.4, 0.5) is 11.4 Å². The molecule has 114 valence electrons. The van der Waals surface area contributed by atoms with Crippen LogP contribution in [0.1, 0.15) is 11.1 Å². The third-order valence-electron chi connectivity index (χ3n) is 3.47. The van der Waals surface area contributed by atoms with Gasteiger partial charge >= 0.3 is 0 Å². The van der Waals surface area contributed by atoms with Crippen LogP contribution in [0.3, 0.4) is 0 Å². The van der Waals surface area contributed by atoms with Gasteiger partial charge in [-0.05, 0) is 6.07 Å². The van der Waals surface area contributed by atoms with Crippen molar-refractivity contribution in [2.45, 2.75) is 0 Å². The Bertz CT molecular complexity index is 858. The molecule has 0 radical (unpaired) electrons. The minimum absolute atomic E-state index is 0.0244. The van der Waals surface area contributed by atoms with Crippen LogP contribution in [-0.4, -0.2) is 29.8 Å². The monoisotopic (exact) mass is 308 g/mol. The second-order valence-electron chi connectivity index (χ2n) is 4.93. The summed E-state index contributed by atoms with van der Waals surface area (Å²) in [5.74, 6) is -0.234. The lowest BCUT2D eigenvalue weighted by Crippen LogP contribution is -2.25. The van der Waals surface area contributed by atoms with Crippen LogP contribution in [0.15, 0.2) is 58.7 Å². The van der Waals surface area contributed by atoms with E-state index in [-0.39, 0.29) is 17.3 Å². The number of nitro groups is 1. The molecule has 1 heterocycles. The lowest BCUT2D eigenvalue weighted by atomic mass is 10.1. The van der Waals surface area contributed by atoms with Gasteiger partial charge in [0.15, 0.2) is 5.71 Å². The molecule has 1 aliphatic rings. The van der Waals surface area contributed by atoms with Crippen LogP contribution in [0, 0.1) is 10.1 Å². The summed E-state index contributed by atoms with van der Waals surface area (Å²) < 4.78 is 0. The highest BCUT2D eigenvalue weighted by Gasteiger charge is 2.30. The molecule has 23 heavy (non-hydrogen) atoms. The summed E-state index contributed by atoms with van der Waals surface area (Å²) in [6.45, 7) is 0. The number of hydrogen-bond acceptors (Lipinski definition) is 5. The number of fused-ring (bicyclic) bond motifs is 1. The summed E-state index contributed by atoms with van der Waals surface area (Å²) in [6, 6.07) is 13.3. The van der Waals surface area contributed by atoms with E-state index in [1.807, 2.05) is 18.2 Å². The molecule has 0 aromatic heterocycles. The normalized spacial score (nSPS) is 15.4. The van der Waals surface area contributed by atoms with Gasteiger partial charge in [-0.2, -0.15) is 5.10 Å². The van der Waals surface area contributed by atoms with Crippen LogP contribution in [0.5, 0.6) is 0 Å². The van der Waals surface area contributed by atoms with Gasteiger partial charge in [0.25, 0.3) is 11.6 Å². The largest absolute Gasteiger partial charge is 0.309 e. The molecular weight excluding hydrogens is 296 g/mol. The first-order valence-electron chi connectivity index (χ1n) is 6.81. The molecule has 1 amide bonds. The molecule has 2 aromatic rings. The van der Waals surface area contributed by atoms with Gasteiger partial charge in [0.05, 0.1) is 16.8 Å². The van der Waals surface area contributed by atoms with Gasteiger partial charge in [0.2, 0.25) is 0 Å². The van der Waals surface area contributed by atoms with Crippen molar-refractivity contribution in [3.05, 3.63) is 69.8 Å². The van der Waals surface area contributed by atoms with Gasteiger partial charge in [0.1, 0.15) is 0 Å². The number of carbonyl (C=O) groups is 1. The first-order valence-corrected chi connectivity index (χ1v) is 6.81. The van der Waals surface area contributed by atoms with Gasteiger partial charge in [-0.3, -0.25) is 14.9 Å². The molecule has 0 aliphatic carbocycles. The zero-order chi connectivity index (χ0) is 16.4. The summed E-state index contributed by atoms with van der Waals surface area (Å²) in [6.07, 6.45) is 1.38. The number of carbonyl (C=O) groups excluding carboxylic acids is 1. The maximum absolute atomic E-state index is 12.2. The van der Waals surface area contributed by atoms with Crippen LogP contribution in [0.2, 0.25) is 0 Å². The number of nitro benzene ring substituents is 1. The summed E-state index contributed by atoms with van der Waals surface area (Å²) in [5.41, 5.74) is 2.27. The van der Waals surface area contributed by atoms with Crippen molar-refractivity contribution >= 4 is 29.2 Å². The number of hydrogen-bond donors (Lipinski definition) is 0. The Morgan fingerprint density at radius 1 is 1.17 bits per heavy atom. The number of rotatable bonds is 3. The van der Waals surface area contributed by atoms with Crippen LogP contribution in [-0.2, 0) is 4.79 Å². The molecule has 7 nitrogen and oxygen atoms in total. The summed E-state index contributed by atoms with van der Waals surface area (Å²) in [4.78, 5) is 23.9. The van der Waals surface area contributed by atoms with E-state index in [1.165, 1.54) is 23.2 Å². The van der Waals surface area contributed by atoms with Gasteiger partial charge in [-0.15, -0.1) is 5.10 Å². The smallest absolute Gasteiger partial charge is 0.279 e. The number of likely N-dealkylation sites (N-methyl/N-ethyl adjacent to an activating group) is 1. The fourth-order valence-corrected chi connectivity index (χ4v) is 2.32. The molecule has 0 bridgehead atoms. The number of amides is 1. The minimum Gasteiger partial charge on any atom is -0.309 e. The molecule has 0 saturated carbocycles. The van der Waals surface area contributed by atoms with Gasteiger partial charge in [-0.25, -0.2) is 0 Å². The molecule has 0 atom stereocenters. The summed E-state index contributed by atoms with van der Waals surface area (Å²) >= 11 is 0. The Kier molecular flexibility index (Phi) is 3.68. The van der Waals surface area contributed by atoms with Gasteiger partial charge < -0.3 is 4.90 Å². The molecular formula is C16H12N4O3. The van der Waals surface area contributed by atoms with Crippen molar-refractivity contribution in [1.82, 2.24) is 0 Å². The van der Waals surface area contributed by atoms with E-state index in [2.05, 4.69) is 10.2 Å². The van der Waals surface area contributed by atoms with E-state index < -0.39 is 4.92 Å². The quantitative estimate of drug-likeness (QED) is 0.495. The molecule has 7 heteroatoms. The van der Waals surface area contributed by atoms with E-state index in [0.717, 1.165) is 11.3 Å². The minimum atomic E-state index is -0.477.